The Labute approximate surface area is 144 Å². The number of aromatic nitrogens is 2. The second-order valence-electron chi connectivity index (χ2n) is 6.53. The van der Waals surface area contributed by atoms with E-state index in [1.807, 2.05) is 24.3 Å². The molecule has 1 N–H and O–H groups in total. The molecule has 0 bridgehead atoms. The van der Waals surface area contributed by atoms with Crippen molar-refractivity contribution in [3.05, 3.63) is 40.4 Å². The van der Waals surface area contributed by atoms with Crippen molar-refractivity contribution in [1.29, 1.82) is 0 Å². The van der Waals surface area contributed by atoms with E-state index in [0.29, 0.717) is 24.5 Å². The molecule has 24 heavy (non-hydrogen) atoms. The number of para-hydroxylation sites is 1. The molecule has 0 saturated carbocycles. The normalized spacial score (nSPS) is 12.9. The minimum Gasteiger partial charge on any atom is -0.383 e. The van der Waals surface area contributed by atoms with E-state index in [1.165, 1.54) is 0 Å². The molecule has 5 heteroatoms. The number of nitrogens with one attached hydrogen (secondary N) is 1. The molecule has 1 aromatic carbocycles. The van der Waals surface area contributed by atoms with Crippen LogP contribution in [-0.2, 0) is 11.3 Å². The fraction of sp³-hybridized carbons (Fsp3) is 0.579. The van der Waals surface area contributed by atoms with Crippen LogP contribution in [0.25, 0.3) is 10.9 Å². The summed E-state index contributed by atoms with van der Waals surface area (Å²) in [7, 11) is 1.65. The lowest BCUT2D eigenvalue weighted by atomic mass is 10.1. The van der Waals surface area contributed by atoms with Crippen molar-refractivity contribution in [2.75, 3.05) is 20.3 Å². The molecule has 1 aromatic heterocycles. The predicted molar refractivity (Wildman–Crippen MR) is 98.4 cm³/mol. The molecule has 1 unspecified atom stereocenters. The van der Waals surface area contributed by atoms with Crippen LogP contribution < -0.4 is 10.9 Å². The van der Waals surface area contributed by atoms with Crippen molar-refractivity contribution >= 4 is 10.9 Å². The van der Waals surface area contributed by atoms with E-state index < -0.39 is 0 Å². The van der Waals surface area contributed by atoms with Crippen molar-refractivity contribution in [2.24, 2.45) is 5.92 Å². The largest absolute Gasteiger partial charge is 0.383 e. The summed E-state index contributed by atoms with van der Waals surface area (Å²) < 4.78 is 6.95. The number of hydrogen-bond donors (Lipinski definition) is 1. The molecule has 2 aromatic rings. The average Bonchev–Trinajstić information content (AvgIpc) is 2.58. The van der Waals surface area contributed by atoms with E-state index in [-0.39, 0.29) is 11.6 Å². The summed E-state index contributed by atoms with van der Waals surface area (Å²) >= 11 is 0. The maximum absolute atomic E-state index is 12.9. The molecule has 1 heterocycles. The number of methoxy groups -OCH3 is 1. The molecule has 0 aliphatic rings. The Bertz CT molecular complexity index is 709. The van der Waals surface area contributed by atoms with E-state index in [0.717, 1.165) is 30.7 Å². The summed E-state index contributed by atoms with van der Waals surface area (Å²) in [5, 5.41) is 4.22. The summed E-state index contributed by atoms with van der Waals surface area (Å²) in [6.45, 7) is 8.48. The van der Waals surface area contributed by atoms with Crippen LogP contribution in [0.3, 0.4) is 0 Å². The van der Waals surface area contributed by atoms with E-state index >= 15 is 0 Å². The molecular formula is C19H29N3O2. The first-order chi connectivity index (χ1) is 11.6. The zero-order chi connectivity index (χ0) is 17.5. The van der Waals surface area contributed by atoms with Crippen LogP contribution in [0.2, 0.25) is 0 Å². The smallest absolute Gasteiger partial charge is 0.261 e. The highest BCUT2D eigenvalue weighted by Gasteiger charge is 2.18. The lowest BCUT2D eigenvalue weighted by Crippen LogP contribution is -2.33. The lowest BCUT2D eigenvalue weighted by molar-refractivity contribution is 0.184. The van der Waals surface area contributed by atoms with E-state index in [4.69, 9.17) is 9.72 Å². The van der Waals surface area contributed by atoms with Crippen LogP contribution in [0, 0.1) is 5.92 Å². The molecule has 1 atom stereocenters. The van der Waals surface area contributed by atoms with E-state index in [2.05, 4.69) is 26.1 Å². The second kappa shape index (κ2) is 8.94. The first kappa shape index (κ1) is 18.6. The summed E-state index contributed by atoms with van der Waals surface area (Å²) in [5.74, 6) is 1.46. The molecule has 2 rings (SSSR count). The highest BCUT2D eigenvalue weighted by Crippen LogP contribution is 2.17. The summed E-state index contributed by atoms with van der Waals surface area (Å²) in [6.07, 6.45) is 1.99. The minimum absolute atomic E-state index is 0.0109. The molecule has 132 valence electrons. The van der Waals surface area contributed by atoms with Gasteiger partial charge in [-0.15, -0.1) is 0 Å². The van der Waals surface area contributed by atoms with Gasteiger partial charge in [-0.1, -0.05) is 32.9 Å². The zero-order valence-electron chi connectivity index (χ0n) is 15.2. The fourth-order valence-electron chi connectivity index (χ4n) is 2.81. The maximum atomic E-state index is 12.9. The molecular weight excluding hydrogens is 302 g/mol. The lowest BCUT2D eigenvalue weighted by Gasteiger charge is -2.22. The molecule has 0 amide bonds. The van der Waals surface area contributed by atoms with Gasteiger partial charge in [0.25, 0.3) is 5.56 Å². The predicted octanol–water partition coefficient (Wildman–Crippen LogP) is 3.13. The highest BCUT2D eigenvalue weighted by molar-refractivity contribution is 5.77. The quantitative estimate of drug-likeness (QED) is 0.767. The number of hydrogen-bond acceptors (Lipinski definition) is 4. The SMILES string of the molecule is CCC(NCCC(C)C)c1nc2ccccc2c(=O)n1CCOC. The third-order valence-electron chi connectivity index (χ3n) is 4.24. The van der Waals surface area contributed by atoms with Crippen LogP contribution in [0.4, 0.5) is 0 Å². The minimum atomic E-state index is 0.0109. The molecule has 0 fully saturated rings. The summed E-state index contributed by atoms with van der Waals surface area (Å²) in [4.78, 5) is 17.7. The van der Waals surface area contributed by atoms with Gasteiger partial charge < -0.3 is 10.1 Å². The molecule has 5 nitrogen and oxygen atoms in total. The van der Waals surface area contributed by atoms with Crippen molar-refractivity contribution in [1.82, 2.24) is 14.9 Å². The van der Waals surface area contributed by atoms with Gasteiger partial charge in [-0.2, -0.15) is 0 Å². The number of rotatable bonds is 9. The van der Waals surface area contributed by atoms with Gasteiger partial charge in [0, 0.05) is 7.11 Å². The van der Waals surface area contributed by atoms with Crippen LogP contribution in [0.5, 0.6) is 0 Å². The first-order valence-corrected chi connectivity index (χ1v) is 8.80. The Morgan fingerprint density at radius 3 is 2.71 bits per heavy atom. The highest BCUT2D eigenvalue weighted by atomic mass is 16.5. The standard InChI is InChI=1S/C19H29N3O2/c1-5-16(20-11-10-14(2)3)18-21-17-9-7-6-8-15(17)19(23)22(18)12-13-24-4/h6-9,14,16,20H,5,10-13H2,1-4H3. The Hall–Kier alpha value is -1.72. The summed E-state index contributed by atoms with van der Waals surface area (Å²) in [5.41, 5.74) is 0.770. The fourth-order valence-corrected chi connectivity index (χ4v) is 2.81. The van der Waals surface area contributed by atoms with Crippen LogP contribution in [0.1, 0.15) is 45.5 Å². The Balaban J connectivity index is 2.42. The third kappa shape index (κ3) is 4.42. The number of ether oxygens (including phenoxy) is 1. The van der Waals surface area contributed by atoms with Gasteiger partial charge in [0.05, 0.1) is 30.1 Å². The van der Waals surface area contributed by atoms with E-state index in [1.54, 1.807) is 11.7 Å². The van der Waals surface area contributed by atoms with Crippen molar-refractivity contribution in [3.8, 4) is 0 Å². The van der Waals surface area contributed by atoms with Gasteiger partial charge in [0.15, 0.2) is 0 Å². The first-order valence-electron chi connectivity index (χ1n) is 8.80. The number of benzene rings is 1. The van der Waals surface area contributed by atoms with Gasteiger partial charge >= 0.3 is 0 Å². The zero-order valence-corrected chi connectivity index (χ0v) is 15.2. The molecule has 0 aliphatic carbocycles. The summed E-state index contributed by atoms with van der Waals surface area (Å²) in [6, 6.07) is 7.61. The van der Waals surface area contributed by atoms with Crippen LogP contribution in [-0.4, -0.2) is 29.8 Å². The van der Waals surface area contributed by atoms with Gasteiger partial charge in [0.1, 0.15) is 5.82 Å². The van der Waals surface area contributed by atoms with Crippen LogP contribution >= 0.6 is 0 Å². The van der Waals surface area contributed by atoms with Crippen molar-refractivity contribution in [3.63, 3.8) is 0 Å². The topological polar surface area (TPSA) is 56.2 Å². The van der Waals surface area contributed by atoms with Crippen LogP contribution in [0.15, 0.2) is 29.1 Å². The average molecular weight is 331 g/mol. The molecule has 0 aliphatic heterocycles. The molecule has 0 radical (unpaired) electrons. The van der Waals surface area contributed by atoms with Gasteiger partial charge in [-0.25, -0.2) is 4.98 Å². The van der Waals surface area contributed by atoms with Crippen molar-refractivity contribution in [2.45, 2.75) is 46.2 Å². The third-order valence-corrected chi connectivity index (χ3v) is 4.24. The Morgan fingerprint density at radius 2 is 2.04 bits per heavy atom. The Kier molecular flexibility index (Phi) is 6.94. The number of nitrogens with zero attached hydrogens (tertiary/aromatic N) is 2. The number of fused-ring (bicyclic) bond motifs is 1. The van der Waals surface area contributed by atoms with Gasteiger partial charge in [-0.3, -0.25) is 9.36 Å². The Morgan fingerprint density at radius 1 is 1.29 bits per heavy atom. The molecule has 0 spiro atoms. The van der Waals surface area contributed by atoms with Crippen molar-refractivity contribution < 1.29 is 4.74 Å². The molecule has 0 saturated heterocycles. The van der Waals surface area contributed by atoms with Gasteiger partial charge in [0.2, 0.25) is 0 Å². The van der Waals surface area contributed by atoms with E-state index in [9.17, 15) is 4.79 Å². The van der Waals surface area contributed by atoms with Gasteiger partial charge in [-0.05, 0) is 37.4 Å². The second-order valence-corrected chi connectivity index (χ2v) is 6.53. The monoisotopic (exact) mass is 331 g/mol. The maximum Gasteiger partial charge on any atom is 0.261 e.